The fourth-order valence-electron chi connectivity index (χ4n) is 2.91. The maximum Gasteiger partial charge on any atom is 0.0471 e. The van der Waals surface area contributed by atoms with Gasteiger partial charge in [-0.15, -0.1) is 0 Å². The molecule has 2 saturated carbocycles. The molecule has 0 bridgehead atoms. The van der Waals surface area contributed by atoms with Crippen LogP contribution in [0.5, 0.6) is 0 Å². The lowest BCUT2D eigenvalue weighted by atomic mass is 10.0. The Morgan fingerprint density at radius 3 is 2.25 bits per heavy atom. The summed E-state index contributed by atoms with van der Waals surface area (Å²) in [6, 6.07) is 7.10. The molecular formula is C17H25BrN2. The van der Waals surface area contributed by atoms with E-state index < -0.39 is 0 Å². The van der Waals surface area contributed by atoms with E-state index in [0.29, 0.717) is 6.04 Å². The molecule has 2 fully saturated rings. The minimum atomic E-state index is 0.382. The standard InChI is InChI=1S/C17H25BrN2/c1-12-2-7-15(8-16(12)18)17(9-19)20(10-13-3-4-13)11-14-5-6-14/h2,7-8,13-14,17H,3-6,9-11,19H2,1H3. The number of benzene rings is 1. The van der Waals surface area contributed by atoms with Crippen molar-refractivity contribution in [2.75, 3.05) is 19.6 Å². The number of nitrogens with two attached hydrogens (primary N) is 1. The predicted octanol–water partition coefficient (Wildman–Crippen LogP) is 3.88. The van der Waals surface area contributed by atoms with Crippen LogP contribution in [-0.2, 0) is 0 Å². The molecular weight excluding hydrogens is 312 g/mol. The summed E-state index contributed by atoms with van der Waals surface area (Å²) in [5.41, 5.74) is 8.79. The smallest absolute Gasteiger partial charge is 0.0471 e. The van der Waals surface area contributed by atoms with Crippen molar-refractivity contribution in [1.82, 2.24) is 4.90 Å². The zero-order valence-corrected chi connectivity index (χ0v) is 13.9. The summed E-state index contributed by atoms with van der Waals surface area (Å²) in [6.45, 7) is 5.33. The Morgan fingerprint density at radius 1 is 1.20 bits per heavy atom. The number of hydrogen-bond donors (Lipinski definition) is 1. The van der Waals surface area contributed by atoms with Crippen LogP contribution in [0.25, 0.3) is 0 Å². The minimum Gasteiger partial charge on any atom is -0.329 e. The van der Waals surface area contributed by atoms with E-state index in [1.807, 2.05) is 0 Å². The van der Waals surface area contributed by atoms with E-state index in [2.05, 4.69) is 46.0 Å². The Balaban J connectivity index is 1.77. The molecule has 1 atom stereocenters. The molecule has 1 aromatic rings. The monoisotopic (exact) mass is 336 g/mol. The van der Waals surface area contributed by atoms with Gasteiger partial charge in [-0.2, -0.15) is 0 Å². The summed E-state index contributed by atoms with van der Waals surface area (Å²) < 4.78 is 1.20. The molecule has 1 unspecified atom stereocenters. The van der Waals surface area contributed by atoms with Gasteiger partial charge in [-0.1, -0.05) is 28.1 Å². The second kappa shape index (κ2) is 6.17. The van der Waals surface area contributed by atoms with Crippen LogP contribution < -0.4 is 5.73 Å². The van der Waals surface area contributed by atoms with Gasteiger partial charge < -0.3 is 5.73 Å². The molecule has 110 valence electrons. The molecule has 0 aromatic heterocycles. The summed E-state index contributed by atoms with van der Waals surface area (Å²) in [4.78, 5) is 2.66. The van der Waals surface area contributed by atoms with E-state index in [-0.39, 0.29) is 0 Å². The highest BCUT2D eigenvalue weighted by molar-refractivity contribution is 9.10. The van der Waals surface area contributed by atoms with Crippen LogP contribution in [0.15, 0.2) is 22.7 Å². The van der Waals surface area contributed by atoms with E-state index in [1.165, 1.54) is 54.4 Å². The zero-order chi connectivity index (χ0) is 14.1. The fourth-order valence-corrected chi connectivity index (χ4v) is 3.30. The molecule has 0 saturated heterocycles. The maximum atomic E-state index is 6.13. The van der Waals surface area contributed by atoms with Gasteiger partial charge in [0.05, 0.1) is 0 Å². The van der Waals surface area contributed by atoms with Crippen LogP contribution in [0.3, 0.4) is 0 Å². The molecule has 0 radical (unpaired) electrons. The molecule has 2 nitrogen and oxygen atoms in total. The van der Waals surface area contributed by atoms with Gasteiger partial charge >= 0.3 is 0 Å². The van der Waals surface area contributed by atoms with Crippen molar-refractivity contribution in [2.24, 2.45) is 17.6 Å². The van der Waals surface area contributed by atoms with Gasteiger partial charge in [0, 0.05) is 30.1 Å². The van der Waals surface area contributed by atoms with Crippen molar-refractivity contribution >= 4 is 15.9 Å². The highest BCUT2D eigenvalue weighted by Gasteiger charge is 2.32. The van der Waals surface area contributed by atoms with Crippen molar-refractivity contribution in [3.8, 4) is 0 Å². The lowest BCUT2D eigenvalue weighted by molar-refractivity contribution is 0.185. The molecule has 0 heterocycles. The lowest BCUT2D eigenvalue weighted by Crippen LogP contribution is -2.36. The van der Waals surface area contributed by atoms with Gasteiger partial charge in [-0.3, -0.25) is 4.90 Å². The second-order valence-corrected chi connectivity index (χ2v) is 7.46. The van der Waals surface area contributed by atoms with Gasteiger partial charge in [-0.05, 0) is 61.6 Å². The largest absolute Gasteiger partial charge is 0.329 e. The van der Waals surface area contributed by atoms with Gasteiger partial charge in [0.25, 0.3) is 0 Å². The van der Waals surface area contributed by atoms with E-state index in [0.717, 1.165) is 18.4 Å². The molecule has 2 aliphatic rings. The Kier molecular flexibility index (Phi) is 4.49. The van der Waals surface area contributed by atoms with Gasteiger partial charge in [0.15, 0.2) is 0 Å². The summed E-state index contributed by atoms with van der Waals surface area (Å²) in [5, 5.41) is 0. The first-order valence-electron chi connectivity index (χ1n) is 7.87. The van der Waals surface area contributed by atoms with Crippen LogP contribution in [-0.4, -0.2) is 24.5 Å². The summed E-state index contributed by atoms with van der Waals surface area (Å²) in [6.07, 6.45) is 5.65. The third kappa shape index (κ3) is 3.63. The molecule has 3 heteroatoms. The first-order chi connectivity index (χ1) is 9.67. The van der Waals surface area contributed by atoms with Crippen LogP contribution in [0.4, 0.5) is 0 Å². The molecule has 0 spiro atoms. The zero-order valence-electron chi connectivity index (χ0n) is 12.3. The summed E-state index contributed by atoms with van der Waals surface area (Å²) in [5.74, 6) is 1.85. The lowest BCUT2D eigenvalue weighted by Gasteiger charge is -2.31. The molecule has 3 rings (SSSR count). The molecule has 1 aromatic carbocycles. The number of rotatable bonds is 7. The molecule has 20 heavy (non-hydrogen) atoms. The van der Waals surface area contributed by atoms with Crippen LogP contribution in [0.1, 0.15) is 42.9 Å². The average Bonchev–Trinajstić information content (AvgIpc) is 3.30. The third-order valence-electron chi connectivity index (χ3n) is 4.62. The fraction of sp³-hybridized carbons (Fsp3) is 0.647. The quantitative estimate of drug-likeness (QED) is 0.818. The highest BCUT2D eigenvalue weighted by Crippen LogP contribution is 2.37. The van der Waals surface area contributed by atoms with Gasteiger partial charge in [0.1, 0.15) is 0 Å². The van der Waals surface area contributed by atoms with Crippen LogP contribution in [0.2, 0.25) is 0 Å². The Bertz CT molecular complexity index is 452. The van der Waals surface area contributed by atoms with Gasteiger partial charge in [0.2, 0.25) is 0 Å². The third-order valence-corrected chi connectivity index (χ3v) is 5.48. The van der Waals surface area contributed by atoms with E-state index in [4.69, 9.17) is 5.73 Å². The van der Waals surface area contributed by atoms with Crippen LogP contribution in [0, 0.1) is 18.8 Å². The van der Waals surface area contributed by atoms with Crippen molar-refractivity contribution in [3.05, 3.63) is 33.8 Å². The first kappa shape index (κ1) is 14.6. The normalized spacial score (nSPS) is 20.4. The van der Waals surface area contributed by atoms with Crippen molar-refractivity contribution in [1.29, 1.82) is 0 Å². The Morgan fingerprint density at radius 2 is 1.80 bits per heavy atom. The SMILES string of the molecule is Cc1ccc(C(CN)N(CC2CC2)CC2CC2)cc1Br. The number of halogens is 1. The maximum absolute atomic E-state index is 6.13. The number of nitrogens with zero attached hydrogens (tertiary/aromatic N) is 1. The number of aryl methyl sites for hydroxylation is 1. The van der Waals surface area contributed by atoms with E-state index in [1.54, 1.807) is 0 Å². The van der Waals surface area contributed by atoms with E-state index >= 15 is 0 Å². The molecule has 0 amide bonds. The van der Waals surface area contributed by atoms with Crippen molar-refractivity contribution in [3.63, 3.8) is 0 Å². The molecule has 0 aliphatic heterocycles. The van der Waals surface area contributed by atoms with E-state index in [9.17, 15) is 0 Å². The highest BCUT2D eigenvalue weighted by atomic mass is 79.9. The minimum absolute atomic E-state index is 0.382. The molecule has 2 N–H and O–H groups in total. The Labute approximate surface area is 130 Å². The van der Waals surface area contributed by atoms with Crippen molar-refractivity contribution in [2.45, 2.75) is 38.6 Å². The first-order valence-corrected chi connectivity index (χ1v) is 8.67. The van der Waals surface area contributed by atoms with Gasteiger partial charge in [-0.25, -0.2) is 0 Å². The predicted molar refractivity (Wildman–Crippen MR) is 87.7 cm³/mol. The summed E-state index contributed by atoms with van der Waals surface area (Å²) in [7, 11) is 0. The van der Waals surface area contributed by atoms with Crippen molar-refractivity contribution < 1.29 is 0 Å². The van der Waals surface area contributed by atoms with Crippen LogP contribution >= 0.6 is 15.9 Å². The molecule has 2 aliphatic carbocycles. The summed E-state index contributed by atoms with van der Waals surface area (Å²) >= 11 is 3.66. The topological polar surface area (TPSA) is 29.3 Å². The Hall–Kier alpha value is -0.380. The second-order valence-electron chi connectivity index (χ2n) is 6.60. The number of hydrogen-bond acceptors (Lipinski definition) is 2. The average molecular weight is 337 g/mol.